The van der Waals surface area contributed by atoms with Crippen molar-refractivity contribution in [1.29, 1.82) is 0 Å². The molecule has 2 rings (SSSR count). The van der Waals surface area contributed by atoms with E-state index in [1.165, 1.54) is 15.4 Å². The van der Waals surface area contributed by atoms with Crippen molar-refractivity contribution >= 4 is 45.5 Å². The van der Waals surface area contributed by atoms with E-state index in [4.69, 9.17) is 0 Å². The molecule has 0 bridgehead atoms. The zero-order chi connectivity index (χ0) is 19.7. The van der Waals surface area contributed by atoms with E-state index < -0.39 is 10.0 Å². The lowest BCUT2D eigenvalue weighted by atomic mass is 10.00. The molecule has 0 unspecified atom stereocenters. The predicted octanol–water partition coefficient (Wildman–Crippen LogP) is 3.03. The molecule has 1 aliphatic rings. The number of sulfonamides is 1. The lowest BCUT2D eigenvalue weighted by Gasteiger charge is -2.30. The summed E-state index contributed by atoms with van der Waals surface area (Å²) in [5.74, 6) is 0.832. The molecule has 0 fully saturated rings. The molecule has 0 spiro atoms. The number of rotatable bonds is 8. The van der Waals surface area contributed by atoms with Crippen LogP contribution < -0.4 is 5.32 Å². The first-order chi connectivity index (χ1) is 13.0. The highest BCUT2D eigenvalue weighted by molar-refractivity contribution is 14.0. The second-order valence-electron chi connectivity index (χ2n) is 6.43. The van der Waals surface area contributed by atoms with Gasteiger partial charge in [0.15, 0.2) is 5.96 Å². The molecule has 0 saturated heterocycles. The van der Waals surface area contributed by atoms with Crippen molar-refractivity contribution in [2.45, 2.75) is 27.2 Å². The SMILES string of the molecule is CCNC(=NCCS(=O)(=O)N(CC)CC)N1CC=C(c2ccccc2)CC1.I. The number of halogens is 1. The number of guanidine groups is 1. The maximum atomic E-state index is 12.3. The van der Waals surface area contributed by atoms with Gasteiger partial charge in [-0.1, -0.05) is 50.3 Å². The lowest BCUT2D eigenvalue weighted by Crippen LogP contribution is -2.44. The lowest BCUT2D eigenvalue weighted by molar-refractivity contribution is 0.438. The normalized spacial score (nSPS) is 15.2. The fourth-order valence-electron chi connectivity index (χ4n) is 3.21. The van der Waals surface area contributed by atoms with Crippen LogP contribution in [0, 0.1) is 0 Å². The Morgan fingerprint density at radius 3 is 2.39 bits per heavy atom. The molecule has 1 aromatic carbocycles. The number of benzene rings is 1. The number of nitrogens with one attached hydrogen (secondary N) is 1. The summed E-state index contributed by atoms with van der Waals surface area (Å²) >= 11 is 0. The van der Waals surface area contributed by atoms with E-state index in [0.717, 1.165) is 32.0 Å². The molecule has 6 nitrogen and oxygen atoms in total. The minimum absolute atomic E-state index is 0. The van der Waals surface area contributed by atoms with E-state index in [9.17, 15) is 8.42 Å². The molecule has 0 saturated carbocycles. The highest BCUT2D eigenvalue weighted by atomic mass is 127. The van der Waals surface area contributed by atoms with Gasteiger partial charge in [-0.2, -0.15) is 0 Å². The van der Waals surface area contributed by atoms with E-state index >= 15 is 0 Å². The second-order valence-corrected chi connectivity index (χ2v) is 8.52. The van der Waals surface area contributed by atoms with Crippen molar-refractivity contribution in [3.63, 3.8) is 0 Å². The van der Waals surface area contributed by atoms with Gasteiger partial charge >= 0.3 is 0 Å². The Bertz CT molecular complexity index is 747. The van der Waals surface area contributed by atoms with Gasteiger partial charge in [-0.3, -0.25) is 4.99 Å². The number of aliphatic imine (C=N–C) groups is 1. The van der Waals surface area contributed by atoms with E-state index in [1.54, 1.807) is 0 Å². The fourth-order valence-corrected chi connectivity index (χ4v) is 4.58. The van der Waals surface area contributed by atoms with Crippen molar-refractivity contribution in [3.05, 3.63) is 42.0 Å². The van der Waals surface area contributed by atoms with Crippen LogP contribution in [-0.2, 0) is 10.0 Å². The van der Waals surface area contributed by atoms with Gasteiger partial charge in [-0.05, 0) is 24.5 Å². The predicted molar refractivity (Wildman–Crippen MR) is 129 cm³/mol. The molecule has 158 valence electrons. The molecule has 1 heterocycles. The third-order valence-electron chi connectivity index (χ3n) is 4.70. The minimum Gasteiger partial charge on any atom is -0.357 e. The Hall–Kier alpha value is -1.13. The second kappa shape index (κ2) is 12.4. The number of hydrogen-bond donors (Lipinski definition) is 1. The zero-order valence-corrected chi connectivity index (χ0v) is 20.2. The van der Waals surface area contributed by atoms with Crippen LogP contribution in [0.2, 0.25) is 0 Å². The zero-order valence-electron chi connectivity index (χ0n) is 17.1. The van der Waals surface area contributed by atoms with Crippen LogP contribution in [0.1, 0.15) is 32.8 Å². The average Bonchev–Trinajstić information content (AvgIpc) is 2.69. The van der Waals surface area contributed by atoms with Gasteiger partial charge in [0.25, 0.3) is 0 Å². The molecule has 1 aliphatic heterocycles. The van der Waals surface area contributed by atoms with Gasteiger partial charge in [-0.25, -0.2) is 12.7 Å². The molecule has 0 radical (unpaired) electrons. The molecule has 8 heteroatoms. The topological polar surface area (TPSA) is 65.0 Å². The summed E-state index contributed by atoms with van der Waals surface area (Å²) < 4.78 is 26.1. The largest absolute Gasteiger partial charge is 0.357 e. The summed E-state index contributed by atoms with van der Waals surface area (Å²) in [5, 5.41) is 3.29. The smallest absolute Gasteiger partial charge is 0.215 e. The summed E-state index contributed by atoms with van der Waals surface area (Å²) in [7, 11) is -3.24. The van der Waals surface area contributed by atoms with E-state index in [1.807, 2.05) is 26.8 Å². The molecular formula is C20H33IN4O2S. The van der Waals surface area contributed by atoms with E-state index in [0.29, 0.717) is 13.1 Å². The molecule has 0 amide bonds. The van der Waals surface area contributed by atoms with Gasteiger partial charge < -0.3 is 10.2 Å². The van der Waals surface area contributed by atoms with Gasteiger partial charge in [-0.15, -0.1) is 24.0 Å². The van der Waals surface area contributed by atoms with Crippen molar-refractivity contribution < 1.29 is 8.42 Å². The Balaban J connectivity index is 0.00000392. The minimum atomic E-state index is -3.24. The van der Waals surface area contributed by atoms with Crippen LogP contribution in [0.5, 0.6) is 0 Å². The van der Waals surface area contributed by atoms with Crippen molar-refractivity contribution in [3.8, 4) is 0 Å². The molecule has 1 aromatic rings. The van der Waals surface area contributed by atoms with Crippen LogP contribution in [0.25, 0.3) is 5.57 Å². The quantitative estimate of drug-likeness (QED) is 0.325. The Labute approximate surface area is 187 Å². The maximum absolute atomic E-state index is 12.3. The highest BCUT2D eigenvalue weighted by Crippen LogP contribution is 2.21. The summed E-state index contributed by atoms with van der Waals surface area (Å²) in [6.07, 6.45) is 3.19. The standard InChI is InChI=1S/C20H32N4O2S.HI/c1-4-21-20(22-14-17-27(25,26)24(5-2)6-3)23-15-12-19(13-16-23)18-10-8-7-9-11-18;/h7-12H,4-6,13-17H2,1-3H3,(H,21,22);1H. The molecule has 0 aliphatic carbocycles. The highest BCUT2D eigenvalue weighted by Gasteiger charge is 2.19. The molecule has 28 heavy (non-hydrogen) atoms. The van der Waals surface area contributed by atoms with Crippen molar-refractivity contribution in [1.82, 2.24) is 14.5 Å². The first-order valence-electron chi connectivity index (χ1n) is 9.77. The summed E-state index contributed by atoms with van der Waals surface area (Å²) in [6, 6.07) is 10.4. The van der Waals surface area contributed by atoms with Crippen molar-refractivity contribution in [2.75, 3.05) is 45.0 Å². The summed E-state index contributed by atoms with van der Waals surface area (Å²) in [4.78, 5) is 6.75. The van der Waals surface area contributed by atoms with Gasteiger partial charge in [0, 0.05) is 32.7 Å². The first kappa shape index (κ1) is 24.9. The third kappa shape index (κ3) is 7.04. The molecule has 0 aromatic heterocycles. The average molecular weight is 520 g/mol. The molecular weight excluding hydrogens is 487 g/mol. The Morgan fingerprint density at radius 2 is 1.86 bits per heavy atom. The van der Waals surface area contributed by atoms with Crippen LogP contribution in [-0.4, -0.2) is 68.6 Å². The molecule has 1 N–H and O–H groups in total. The maximum Gasteiger partial charge on any atom is 0.215 e. The van der Waals surface area contributed by atoms with Crippen LogP contribution >= 0.6 is 24.0 Å². The number of hydrogen-bond acceptors (Lipinski definition) is 3. The monoisotopic (exact) mass is 520 g/mol. The van der Waals surface area contributed by atoms with Crippen LogP contribution in [0.3, 0.4) is 0 Å². The summed E-state index contributed by atoms with van der Waals surface area (Å²) in [6.45, 7) is 9.42. The Kier molecular flexibility index (Phi) is 11.1. The van der Waals surface area contributed by atoms with Crippen LogP contribution in [0.4, 0.5) is 0 Å². The van der Waals surface area contributed by atoms with Gasteiger partial charge in [0.1, 0.15) is 0 Å². The van der Waals surface area contributed by atoms with Gasteiger partial charge in [0.05, 0.1) is 12.3 Å². The van der Waals surface area contributed by atoms with E-state index in [-0.39, 0.29) is 36.3 Å². The summed E-state index contributed by atoms with van der Waals surface area (Å²) in [5.41, 5.74) is 2.62. The third-order valence-corrected chi connectivity index (χ3v) is 6.70. The number of nitrogens with zero attached hydrogens (tertiary/aromatic N) is 3. The van der Waals surface area contributed by atoms with Crippen molar-refractivity contribution in [2.24, 2.45) is 4.99 Å². The molecule has 0 atom stereocenters. The van der Waals surface area contributed by atoms with E-state index in [2.05, 4.69) is 45.6 Å². The Morgan fingerprint density at radius 1 is 1.18 bits per heavy atom. The first-order valence-corrected chi connectivity index (χ1v) is 11.4. The van der Waals surface area contributed by atoms with Crippen LogP contribution in [0.15, 0.2) is 41.4 Å². The fraction of sp³-hybridized carbons (Fsp3) is 0.550. The van der Waals surface area contributed by atoms with Gasteiger partial charge in [0.2, 0.25) is 10.0 Å².